The molecule has 1 aromatic rings. The van der Waals surface area contributed by atoms with Gasteiger partial charge in [0.25, 0.3) is 0 Å². The Morgan fingerprint density at radius 2 is 2.53 bits per heavy atom. The smallest absolute Gasteiger partial charge is 0.335 e. The van der Waals surface area contributed by atoms with Gasteiger partial charge >= 0.3 is 5.97 Å². The topological polar surface area (TPSA) is 61.0 Å². The fourth-order valence-electron chi connectivity index (χ4n) is 1.41. The zero-order valence-corrected chi connectivity index (χ0v) is 8.25. The summed E-state index contributed by atoms with van der Waals surface area (Å²) in [5.74, 6) is 0.179. The van der Waals surface area contributed by atoms with Gasteiger partial charge in [0, 0.05) is 0 Å². The zero-order valence-electron chi connectivity index (χ0n) is 8.25. The lowest BCUT2D eigenvalue weighted by Crippen LogP contribution is -2.26. The summed E-state index contributed by atoms with van der Waals surface area (Å²) in [7, 11) is 0. The molecule has 80 valence electrons. The average molecular weight is 209 g/mol. The summed E-state index contributed by atoms with van der Waals surface area (Å²) in [6.45, 7) is 2.08. The molecule has 1 aliphatic rings. The van der Waals surface area contributed by atoms with Gasteiger partial charge in [-0.25, -0.2) is 9.79 Å². The fraction of sp³-hybridized carbons (Fsp3) is 0.400. The van der Waals surface area contributed by atoms with Crippen molar-refractivity contribution in [1.29, 1.82) is 0 Å². The maximum absolute atomic E-state index is 11.5. The first-order chi connectivity index (χ1) is 7.33. The first-order valence-electron chi connectivity index (χ1n) is 4.70. The molecule has 2 rings (SSSR count). The summed E-state index contributed by atoms with van der Waals surface area (Å²) in [4.78, 5) is 15.4. The van der Waals surface area contributed by atoms with Crippen molar-refractivity contribution in [3.63, 3.8) is 0 Å². The van der Waals surface area contributed by atoms with Crippen LogP contribution in [0, 0.1) is 0 Å². The number of ether oxygens (including phenoxy) is 2. The highest BCUT2D eigenvalue weighted by atomic mass is 16.5. The molecule has 0 radical (unpaired) electrons. The standard InChI is InChI=1S/C10H11NO4/c1-2-13-10(12)8-9(15-6-11-8)7-4-3-5-14-7/h3-6,8-9H,2H2,1H3/t8-,9+/m1/s1. The number of nitrogens with zero attached hydrogens (tertiary/aromatic N) is 1. The number of hydrogen-bond acceptors (Lipinski definition) is 5. The molecule has 15 heavy (non-hydrogen) atoms. The van der Waals surface area contributed by atoms with Crippen LogP contribution in [0.4, 0.5) is 0 Å². The molecule has 0 saturated carbocycles. The van der Waals surface area contributed by atoms with Gasteiger partial charge in [0.1, 0.15) is 5.76 Å². The van der Waals surface area contributed by atoms with Crippen LogP contribution in [0.3, 0.4) is 0 Å². The highest BCUT2D eigenvalue weighted by Gasteiger charge is 2.36. The van der Waals surface area contributed by atoms with E-state index in [-0.39, 0.29) is 0 Å². The third-order valence-corrected chi connectivity index (χ3v) is 2.07. The molecule has 5 heteroatoms. The third kappa shape index (κ3) is 1.86. The molecule has 0 saturated heterocycles. The lowest BCUT2D eigenvalue weighted by atomic mass is 10.1. The minimum absolute atomic E-state index is 0.329. The Hall–Kier alpha value is -1.78. The third-order valence-electron chi connectivity index (χ3n) is 2.07. The molecule has 0 aromatic carbocycles. The van der Waals surface area contributed by atoms with E-state index in [1.165, 1.54) is 12.7 Å². The quantitative estimate of drug-likeness (QED) is 0.704. The van der Waals surface area contributed by atoms with Crippen LogP contribution < -0.4 is 0 Å². The summed E-state index contributed by atoms with van der Waals surface area (Å²) < 4.78 is 15.2. The molecule has 2 atom stereocenters. The van der Waals surface area contributed by atoms with Crippen molar-refractivity contribution >= 4 is 12.4 Å². The van der Waals surface area contributed by atoms with Crippen molar-refractivity contribution < 1.29 is 18.7 Å². The second kappa shape index (κ2) is 4.16. The van der Waals surface area contributed by atoms with Gasteiger partial charge in [-0.05, 0) is 19.1 Å². The highest BCUT2D eigenvalue weighted by molar-refractivity contribution is 5.80. The van der Waals surface area contributed by atoms with Gasteiger partial charge in [0.2, 0.25) is 0 Å². The van der Waals surface area contributed by atoms with Gasteiger partial charge in [0.05, 0.1) is 12.9 Å². The lowest BCUT2D eigenvalue weighted by molar-refractivity contribution is -0.146. The molecular weight excluding hydrogens is 198 g/mol. The Balaban J connectivity index is 2.11. The summed E-state index contributed by atoms with van der Waals surface area (Å²) in [6.07, 6.45) is 2.28. The number of hydrogen-bond donors (Lipinski definition) is 0. The Bertz CT molecular complexity index is 358. The fourth-order valence-corrected chi connectivity index (χ4v) is 1.41. The second-order valence-electron chi connectivity index (χ2n) is 3.02. The zero-order chi connectivity index (χ0) is 10.7. The van der Waals surface area contributed by atoms with Crippen LogP contribution in [0.15, 0.2) is 27.8 Å². The number of aliphatic imine (C=N–C) groups is 1. The molecule has 0 aliphatic carbocycles. The Kier molecular flexibility index (Phi) is 2.71. The second-order valence-corrected chi connectivity index (χ2v) is 3.02. The molecule has 0 fully saturated rings. The molecule has 1 aromatic heterocycles. The molecule has 0 amide bonds. The van der Waals surface area contributed by atoms with Crippen LogP contribution in [0.1, 0.15) is 18.8 Å². The average Bonchev–Trinajstić information content (AvgIpc) is 2.88. The van der Waals surface area contributed by atoms with Crippen LogP contribution in [0.25, 0.3) is 0 Å². The summed E-state index contributed by atoms with van der Waals surface area (Å²) >= 11 is 0. The molecule has 1 aliphatic heterocycles. The first-order valence-corrected chi connectivity index (χ1v) is 4.70. The van der Waals surface area contributed by atoms with Crippen LogP contribution in [-0.2, 0) is 14.3 Å². The van der Waals surface area contributed by atoms with Gasteiger partial charge in [0.15, 0.2) is 18.5 Å². The van der Waals surface area contributed by atoms with Crippen molar-refractivity contribution in [3.8, 4) is 0 Å². The van der Waals surface area contributed by atoms with E-state index in [0.717, 1.165) is 0 Å². The van der Waals surface area contributed by atoms with Gasteiger partial charge in [-0.2, -0.15) is 0 Å². The number of carbonyl (C=O) groups excluding carboxylic acids is 1. The Labute approximate surface area is 86.7 Å². The minimum atomic E-state index is -0.656. The van der Waals surface area contributed by atoms with E-state index in [0.29, 0.717) is 12.4 Å². The molecule has 0 bridgehead atoms. The maximum Gasteiger partial charge on any atom is 0.335 e. The van der Waals surface area contributed by atoms with Gasteiger partial charge in [-0.3, -0.25) is 0 Å². The molecular formula is C10H11NO4. The van der Waals surface area contributed by atoms with Crippen LogP contribution in [0.5, 0.6) is 0 Å². The van der Waals surface area contributed by atoms with E-state index in [4.69, 9.17) is 13.9 Å². The van der Waals surface area contributed by atoms with Crippen LogP contribution in [-0.4, -0.2) is 25.0 Å². The minimum Gasteiger partial charge on any atom is -0.469 e. The monoisotopic (exact) mass is 209 g/mol. The van der Waals surface area contributed by atoms with E-state index in [2.05, 4.69) is 4.99 Å². The van der Waals surface area contributed by atoms with Gasteiger partial charge < -0.3 is 13.9 Å². The van der Waals surface area contributed by atoms with Crippen molar-refractivity contribution in [2.45, 2.75) is 19.1 Å². The van der Waals surface area contributed by atoms with E-state index in [9.17, 15) is 4.79 Å². The number of esters is 1. The van der Waals surface area contributed by atoms with Gasteiger partial charge in [-0.1, -0.05) is 0 Å². The number of carbonyl (C=O) groups is 1. The first kappa shape index (κ1) is 9.76. The summed E-state index contributed by atoms with van der Waals surface area (Å²) in [6, 6.07) is 2.82. The van der Waals surface area contributed by atoms with E-state index in [1.807, 2.05) is 0 Å². The summed E-state index contributed by atoms with van der Waals surface area (Å²) in [5.41, 5.74) is 0. The predicted molar refractivity (Wildman–Crippen MR) is 51.4 cm³/mol. The van der Waals surface area contributed by atoms with E-state index in [1.54, 1.807) is 19.1 Å². The highest BCUT2D eigenvalue weighted by Crippen LogP contribution is 2.27. The normalized spacial score (nSPS) is 23.8. The Morgan fingerprint density at radius 3 is 3.20 bits per heavy atom. The van der Waals surface area contributed by atoms with Gasteiger partial charge in [-0.15, -0.1) is 0 Å². The maximum atomic E-state index is 11.5. The molecule has 5 nitrogen and oxygen atoms in total. The van der Waals surface area contributed by atoms with Crippen LogP contribution >= 0.6 is 0 Å². The van der Waals surface area contributed by atoms with E-state index < -0.39 is 18.1 Å². The molecule has 0 spiro atoms. The van der Waals surface area contributed by atoms with Crippen molar-refractivity contribution in [2.24, 2.45) is 4.99 Å². The lowest BCUT2D eigenvalue weighted by Gasteiger charge is -2.13. The van der Waals surface area contributed by atoms with Crippen molar-refractivity contribution in [3.05, 3.63) is 24.2 Å². The van der Waals surface area contributed by atoms with Crippen LogP contribution in [0.2, 0.25) is 0 Å². The molecule has 0 unspecified atom stereocenters. The number of rotatable bonds is 3. The predicted octanol–water partition coefficient (Wildman–Crippen LogP) is 1.31. The van der Waals surface area contributed by atoms with Crippen molar-refractivity contribution in [2.75, 3.05) is 6.61 Å². The van der Waals surface area contributed by atoms with E-state index >= 15 is 0 Å². The molecule has 2 heterocycles. The summed E-state index contributed by atoms with van der Waals surface area (Å²) in [5, 5.41) is 0. The molecule has 0 N–H and O–H groups in total. The number of furan rings is 1. The Morgan fingerprint density at radius 1 is 1.67 bits per heavy atom. The SMILES string of the molecule is CCOC(=O)[C@@H]1N=CO[C@H]1c1ccco1. The van der Waals surface area contributed by atoms with Crippen molar-refractivity contribution in [1.82, 2.24) is 0 Å². The largest absolute Gasteiger partial charge is 0.469 e.